The third-order valence-corrected chi connectivity index (χ3v) is 7.35. The molecule has 0 bridgehead atoms. The molecular weight excluding hydrogens is 544 g/mol. The first-order valence-electron chi connectivity index (χ1n) is 18.0. The van der Waals surface area contributed by atoms with Gasteiger partial charge in [-0.2, -0.15) is 0 Å². The molecule has 5 heteroatoms. The largest absolute Gasteiger partial charge is 0.356 e. The number of carbonyl (C=O) groups is 3. The summed E-state index contributed by atoms with van der Waals surface area (Å²) in [7, 11) is 0. The molecule has 0 aliphatic rings. The molecule has 0 aromatic rings. The van der Waals surface area contributed by atoms with E-state index in [2.05, 4.69) is 80.0 Å². The lowest BCUT2D eigenvalue weighted by Crippen LogP contribution is -2.33. The van der Waals surface area contributed by atoms with Crippen LogP contribution in [0.15, 0.2) is 48.6 Å². The molecule has 44 heavy (non-hydrogen) atoms. The molecule has 1 unspecified atom stereocenters. The van der Waals surface area contributed by atoms with Crippen LogP contribution in [0.2, 0.25) is 0 Å². The van der Waals surface area contributed by atoms with Gasteiger partial charge in [0.25, 0.3) is 0 Å². The minimum Gasteiger partial charge on any atom is -0.356 e. The topological polar surface area (TPSA) is 75.3 Å². The van der Waals surface area contributed by atoms with Crippen LogP contribution < -0.4 is 10.6 Å². The molecular formula is C39H70N2O3. The van der Waals surface area contributed by atoms with E-state index in [1.54, 1.807) is 0 Å². The quantitative estimate of drug-likeness (QED) is 0.0500. The molecule has 0 aromatic carbocycles. The molecule has 5 nitrogen and oxygen atoms in total. The predicted molar refractivity (Wildman–Crippen MR) is 192 cm³/mol. The van der Waals surface area contributed by atoms with E-state index in [0.29, 0.717) is 19.4 Å². The van der Waals surface area contributed by atoms with Crippen LogP contribution >= 0.6 is 0 Å². The van der Waals surface area contributed by atoms with E-state index < -0.39 is 0 Å². The third-order valence-electron chi connectivity index (χ3n) is 7.35. The maximum absolute atomic E-state index is 12.2. The maximum Gasteiger partial charge on any atom is 0.220 e. The van der Waals surface area contributed by atoms with E-state index in [-0.39, 0.29) is 17.9 Å². The van der Waals surface area contributed by atoms with Gasteiger partial charge in [0.05, 0.1) is 0 Å². The molecule has 0 aromatic heterocycles. The fraction of sp³-hybridized carbons (Fsp3) is 0.718. The van der Waals surface area contributed by atoms with Crippen LogP contribution in [0.1, 0.15) is 169 Å². The Morgan fingerprint density at radius 1 is 0.591 bits per heavy atom. The highest BCUT2D eigenvalue weighted by Gasteiger charge is 2.07. The van der Waals surface area contributed by atoms with Crippen molar-refractivity contribution >= 4 is 18.1 Å². The summed E-state index contributed by atoms with van der Waals surface area (Å²) < 4.78 is 0. The number of amides is 2. The van der Waals surface area contributed by atoms with Gasteiger partial charge in [0.2, 0.25) is 11.8 Å². The predicted octanol–water partition coefficient (Wildman–Crippen LogP) is 10.7. The molecule has 2 amide bonds. The highest BCUT2D eigenvalue weighted by Crippen LogP contribution is 2.10. The summed E-state index contributed by atoms with van der Waals surface area (Å²) in [6, 6.07) is 0.162. The Kier molecular flexibility index (Phi) is 38.3. The van der Waals surface area contributed by atoms with E-state index in [1.807, 2.05) is 0 Å². The smallest absolute Gasteiger partial charge is 0.220 e. The number of rotatable bonds is 29. The molecule has 1 atom stereocenters. The van der Waals surface area contributed by atoms with Crippen LogP contribution in [0.5, 0.6) is 0 Å². The Morgan fingerprint density at radius 2 is 1.05 bits per heavy atom. The van der Waals surface area contributed by atoms with Crippen LogP contribution in [0.3, 0.4) is 0 Å². The van der Waals surface area contributed by atoms with Crippen molar-refractivity contribution in [2.75, 3.05) is 6.54 Å². The minimum absolute atomic E-state index is 0.162. The average Bonchev–Trinajstić information content (AvgIpc) is 3.00. The van der Waals surface area contributed by atoms with Crippen molar-refractivity contribution in [2.45, 2.75) is 175 Å². The van der Waals surface area contributed by atoms with Gasteiger partial charge in [-0.3, -0.25) is 9.59 Å². The first-order chi connectivity index (χ1) is 21.5. The summed E-state index contributed by atoms with van der Waals surface area (Å²) >= 11 is 0. The summed E-state index contributed by atoms with van der Waals surface area (Å²) in [6.07, 6.45) is 43.0. The Morgan fingerprint density at radius 3 is 1.57 bits per heavy atom. The van der Waals surface area contributed by atoms with Gasteiger partial charge in [0.1, 0.15) is 6.29 Å². The van der Waals surface area contributed by atoms with Crippen LogP contribution in [0.4, 0.5) is 0 Å². The Balaban J connectivity index is 0. The monoisotopic (exact) mass is 615 g/mol. The standard InChI is InChI=1S/C37H66N2O2.C2H4O/c1-4-6-8-10-12-14-16-17-18-19-21-23-25-27-29-33-37(41)39-35(3)31-30-34-38-36(40)32-28-26-24-22-20-15-13-11-9-7-5-2;1-2-3/h5,7,11-14,17-18,35H,4,6,8-10,15-16,19-34H2,1-3H3,(H,38,40)(H,39,41);2H,1H3/b7-5-,13-11-,14-12-,18-17-;. The molecule has 254 valence electrons. The first kappa shape index (κ1) is 43.7. The van der Waals surface area contributed by atoms with Gasteiger partial charge < -0.3 is 15.4 Å². The summed E-state index contributed by atoms with van der Waals surface area (Å²) in [5.74, 6) is 0.326. The highest BCUT2D eigenvalue weighted by molar-refractivity contribution is 5.76. The SMILES string of the molecule is C/C=C\C/C=C\CCCCCCCC(=O)NCCCC(C)NC(=O)CCCCCCC/C=C\C/C=C\CCCCC.CC=O. The van der Waals surface area contributed by atoms with E-state index >= 15 is 0 Å². The molecule has 0 radical (unpaired) electrons. The van der Waals surface area contributed by atoms with Gasteiger partial charge in [0, 0.05) is 25.4 Å². The zero-order valence-electron chi connectivity index (χ0n) is 29.3. The molecule has 0 heterocycles. The number of aldehydes is 1. The van der Waals surface area contributed by atoms with E-state index in [9.17, 15) is 9.59 Å². The van der Waals surface area contributed by atoms with E-state index in [4.69, 9.17) is 4.79 Å². The number of hydrogen-bond donors (Lipinski definition) is 2. The second-order valence-electron chi connectivity index (χ2n) is 11.8. The number of nitrogens with one attached hydrogen (secondary N) is 2. The lowest BCUT2D eigenvalue weighted by molar-refractivity contribution is -0.122. The minimum atomic E-state index is 0.162. The number of allylic oxidation sites excluding steroid dienone is 8. The van der Waals surface area contributed by atoms with Gasteiger partial charge in [-0.1, -0.05) is 107 Å². The van der Waals surface area contributed by atoms with Crippen molar-refractivity contribution in [3.63, 3.8) is 0 Å². The number of hydrogen-bond acceptors (Lipinski definition) is 3. The zero-order valence-corrected chi connectivity index (χ0v) is 29.3. The van der Waals surface area contributed by atoms with Gasteiger partial charge in [-0.05, 0) is 97.8 Å². The number of carbonyl (C=O) groups excluding carboxylic acids is 3. The van der Waals surface area contributed by atoms with Crippen molar-refractivity contribution in [3.05, 3.63) is 48.6 Å². The second kappa shape index (κ2) is 38.6. The average molecular weight is 615 g/mol. The zero-order chi connectivity index (χ0) is 32.8. The first-order valence-corrected chi connectivity index (χ1v) is 18.0. The van der Waals surface area contributed by atoms with Gasteiger partial charge in [0.15, 0.2) is 0 Å². The highest BCUT2D eigenvalue weighted by atomic mass is 16.2. The molecule has 0 aliphatic heterocycles. The molecule has 0 saturated carbocycles. The molecule has 0 rings (SSSR count). The van der Waals surface area contributed by atoms with Gasteiger partial charge in [-0.25, -0.2) is 0 Å². The summed E-state index contributed by atoms with van der Waals surface area (Å²) in [4.78, 5) is 33.1. The van der Waals surface area contributed by atoms with Crippen molar-refractivity contribution in [2.24, 2.45) is 0 Å². The number of unbranched alkanes of at least 4 members (excludes halogenated alkanes) is 13. The van der Waals surface area contributed by atoms with Crippen LogP contribution in [0.25, 0.3) is 0 Å². The summed E-state index contributed by atoms with van der Waals surface area (Å²) in [5, 5.41) is 6.16. The Hall–Kier alpha value is -2.43. The molecule has 0 fully saturated rings. The molecule has 0 spiro atoms. The fourth-order valence-corrected chi connectivity index (χ4v) is 4.75. The van der Waals surface area contributed by atoms with Gasteiger partial charge in [-0.15, -0.1) is 0 Å². The van der Waals surface area contributed by atoms with Crippen molar-refractivity contribution in [1.82, 2.24) is 10.6 Å². The van der Waals surface area contributed by atoms with Crippen molar-refractivity contribution in [1.29, 1.82) is 0 Å². The molecule has 2 N–H and O–H groups in total. The lowest BCUT2D eigenvalue weighted by atomic mass is 10.1. The summed E-state index contributed by atoms with van der Waals surface area (Å²) in [6.45, 7) is 8.50. The molecule has 0 aliphatic carbocycles. The van der Waals surface area contributed by atoms with Crippen LogP contribution in [-0.4, -0.2) is 30.7 Å². The Labute approximate surface area is 272 Å². The molecule has 0 saturated heterocycles. The van der Waals surface area contributed by atoms with Crippen molar-refractivity contribution in [3.8, 4) is 0 Å². The second-order valence-corrected chi connectivity index (χ2v) is 11.8. The Bertz CT molecular complexity index is 754. The van der Waals surface area contributed by atoms with Crippen molar-refractivity contribution < 1.29 is 14.4 Å². The normalized spacial score (nSPS) is 12.2. The van der Waals surface area contributed by atoms with E-state index in [0.717, 1.165) is 70.5 Å². The van der Waals surface area contributed by atoms with E-state index in [1.165, 1.54) is 71.1 Å². The fourth-order valence-electron chi connectivity index (χ4n) is 4.75. The lowest BCUT2D eigenvalue weighted by Gasteiger charge is -2.14. The summed E-state index contributed by atoms with van der Waals surface area (Å²) in [5.41, 5.74) is 0. The van der Waals surface area contributed by atoms with Gasteiger partial charge >= 0.3 is 0 Å². The van der Waals surface area contributed by atoms with Crippen LogP contribution in [-0.2, 0) is 14.4 Å². The maximum atomic E-state index is 12.2. The third kappa shape index (κ3) is 39.6. The van der Waals surface area contributed by atoms with Crippen LogP contribution in [0, 0.1) is 0 Å².